The minimum absolute atomic E-state index is 0. The molecule has 82 valence electrons. The zero-order chi connectivity index (χ0) is 9.26. The number of rotatable bonds is 1. The molecule has 4 heteroatoms. The highest BCUT2D eigenvalue weighted by Crippen LogP contribution is 2.37. The van der Waals surface area contributed by atoms with E-state index in [1.807, 2.05) is 0 Å². The fourth-order valence-corrected chi connectivity index (χ4v) is 2.75. The Morgan fingerprint density at radius 1 is 1.21 bits per heavy atom. The number of aliphatic carboxylic acids is 1. The first kappa shape index (κ1) is 11.8. The average molecular weight is 220 g/mol. The van der Waals surface area contributed by atoms with E-state index in [1.54, 1.807) is 0 Å². The van der Waals surface area contributed by atoms with Gasteiger partial charge in [0.25, 0.3) is 0 Å². The number of halogens is 1. The maximum Gasteiger partial charge on any atom is 0.306 e. The summed E-state index contributed by atoms with van der Waals surface area (Å²) in [6.07, 6.45) is 4.09. The molecule has 0 aromatic carbocycles. The molecule has 0 aromatic heterocycles. The Hall–Kier alpha value is -0.280. The van der Waals surface area contributed by atoms with Crippen molar-refractivity contribution < 1.29 is 9.90 Å². The summed E-state index contributed by atoms with van der Waals surface area (Å²) < 4.78 is 0. The second-order valence-corrected chi connectivity index (χ2v) is 4.36. The number of carbonyl (C=O) groups is 1. The van der Waals surface area contributed by atoms with Crippen LogP contribution in [0.15, 0.2) is 0 Å². The Bertz CT molecular complexity index is 210. The molecular weight excluding hydrogens is 202 g/mol. The standard InChI is InChI=1S/C10H17NO2.ClH/c12-10(13)8-1-2-9-6-11-4-3-7(9)5-8;/h7-9,11H,1-6H2,(H,12,13);1H. The fraction of sp³-hybridized carbons (Fsp3) is 0.900. The quantitative estimate of drug-likeness (QED) is 0.703. The number of piperidine rings is 1. The predicted octanol–water partition coefficient (Wildman–Crippen LogP) is 1.52. The number of hydrogen-bond acceptors (Lipinski definition) is 2. The first-order valence-corrected chi connectivity index (χ1v) is 5.21. The van der Waals surface area contributed by atoms with Crippen molar-refractivity contribution in [3.8, 4) is 0 Å². The molecule has 0 aromatic rings. The van der Waals surface area contributed by atoms with E-state index < -0.39 is 5.97 Å². The lowest BCUT2D eigenvalue weighted by molar-refractivity contribution is -0.144. The average Bonchev–Trinajstić information content (AvgIpc) is 2.17. The van der Waals surface area contributed by atoms with Gasteiger partial charge in [0.2, 0.25) is 0 Å². The van der Waals surface area contributed by atoms with E-state index in [9.17, 15) is 4.79 Å². The van der Waals surface area contributed by atoms with Crippen molar-refractivity contribution in [3.63, 3.8) is 0 Å². The highest BCUT2D eigenvalue weighted by molar-refractivity contribution is 5.85. The minimum Gasteiger partial charge on any atom is -0.481 e. The lowest BCUT2D eigenvalue weighted by Crippen LogP contribution is -2.41. The van der Waals surface area contributed by atoms with Crippen LogP contribution in [0.2, 0.25) is 0 Å². The molecule has 0 amide bonds. The maximum atomic E-state index is 10.8. The molecule has 2 rings (SSSR count). The zero-order valence-electron chi connectivity index (χ0n) is 8.24. The van der Waals surface area contributed by atoms with Crippen LogP contribution in [-0.4, -0.2) is 24.2 Å². The lowest BCUT2D eigenvalue weighted by atomic mass is 9.71. The van der Waals surface area contributed by atoms with Gasteiger partial charge in [0, 0.05) is 0 Å². The van der Waals surface area contributed by atoms with Crippen LogP contribution in [-0.2, 0) is 4.79 Å². The normalized spacial score (nSPS) is 36.7. The largest absolute Gasteiger partial charge is 0.481 e. The van der Waals surface area contributed by atoms with E-state index in [-0.39, 0.29) is 18.3 Å². The van der Waals surface area contributed by atoms with E-state index in [2.05, 4.69) is 5.32 Å². The van der Waals surface area contributed by atoms with Gasteiger partial charge in [-0.2, -0.15) is 0 Å². The minimum atomic E-state index is -0.586. The summed E-state index contributed by atoms with van der Waals surface area (Å²) in [6, 6.07) is 0. The zero-order valence-corrected chi connectivity index (χ0v) is 9.05. The van der Waals surface area contributed by atoms with Gasteiger partial charge in [-0.1, -0.05) is 0 Å². The molecule has 1 saturated heterocycles. The number of carboxylic acids is 1. The van der Waals surface area contributed by atoms with Crippen molar-refractivity contribution in [2.45, 2.75) is 25.7 Å². The Balaban J connectivity index is 0.000000980. The molecule has 1 aliphatic heterocycles. The van der Waals surface area contributed by atoms with Crippen LogP contribution in [0.5, 0.6) is 0 Å². The molecule has 3 atom stereocenters. The van der Waals surface area contributed by atoms with Gasteiger partial charge in [-0.05, 0) is 50.6 Å². The predicted molar refractivity (Wildman–Crippen MR) is 56.7 cm³/mol. The van der Waals surface area contributed by atoms with Gasteiger partial charge in [0.15, 0.2) is 0 Å². The Kier molecular flexibility index (Phi) is 4.20. The smallest absolute Gasteiger partial charge is 0.306 e. The Labute approximate surface area is 90.7 Å². The second kappa shape index (κ2) is 4.99. The van der Waals surface area contributed by atoms with Crippen LogP contribution in [0.3, 0.4) is 0 Å². The van der Waals surface area contributed by atoms with E-state index >= 15 is 0 Å². The molecule has 2 aliphatic rings. The van der Waals surface area contributed by atoms with Crippen molar-refractivity contribution in [3.05, 3.63) is 0 Å². The van der Waals surface area contributed by atoms with Crippen molar-refractivity contribution in [1.82, 2.24) is 5.32 Å². The first-order valence-electron chi connectivity index (χ1n) is 5.21. The first-order chi connectivity index (χ1) is 6.27. The molecule has 14 heavy (non-hydrogen) atoms. The van der Waals surface area contributed by atoms with Gasteiger partial charge in [-0.3, -0.25) is 4.79 Å². The van der Waals surface area contributed by atoms with Crippen molar-refractivity contribution >= 4 is 18.4 Å². The lowest BCUT2D eigenvalue weighted by Gasteiger charge is -2.38. The van der Waals surface area contributed by atoms with Crippen LogP contribution >= 0.6 is 12.4 Å². The number of carboxylic acid groups (broad SMARTS) is 1. The molecular formula is C10H18ClNO2. The molecule has 3 unspecified atom stereocenters. The number of hydrogen-bond donors (Lipinski definition) is 2. The topological polar surface area (TPSA) is 49.3 Å². The third-order valence-electron chi connectivity index (χ3n) is 3.59. The van der Waals surface area contributed by atoms with Crippen LogP contribution in [0.1, 0.15) is 25.7 Å². The molecule has 2 N–H and O–H groups in total. The number of fused-ring (bicyclic) bond motifs is 1. The molecule has 1 saturated carbocycles. The summed E-state index contributed by atoms with van der Waals surface area (Å²) in [6.45, 7) is 2.19. The van der Waals surface area contributed by atoms with Crippen LogP contribution in [0.4, 0.5) is 0 Å². The summed E-state index contributed by atoms with van der Waals surface area (Å²) in [4.78, 5) is 10.8. The van der Waals surface area contributed by atoms with Gasteiger partial charge in [-0.25, -0.2) is 0 Å². The van der Waals surface area contributed by atoms with E-state index in [1.165, 1.54) is 6.42 Å². The summed E-state index contributed by atoms with van der Waals surface area (Å²) in [5.74, 6) is 0.789. The molecule has 1 aliphatic carbocycles. The van der Waals surface area contributed by atoms with Crippen LogP contribution < -0.4 is 5.32 Å². The van der Waals surface area contributed by atoms with Crippen molar-refractivity contribution in [1.29, 1.82) is 0 Å². The maximum absolute atomic E-state index is 10.8. The van der Waals surface area contributed by atoms with Gasteiger partial charge in [0.1, 0.15) is 0 Å². The van der Waals surface area contributed by atoms with Gasteiger partial charge >= 0.3 is 5.97 Å². The van der Waals surface area contributed by atoms with Crippen LogP contribution in [0, 0.1) is 17.8 Å². The summed E-state index contributed by atoms with van der Waals surface area (Å²) in [5, 5.41) is 12.3. The highest BCUT2D eigenvalue weighted by atomic mass is 35.5. The van der Waals surface area contributed by atoms with E-state index in [4.69, 9.17) is 5.11 Å². The Morgan fingerprint density at radius 3 is 2.71 bits per heavy atom. The highest BCUT2D eigenvalue weighted by Gasteiger charge is 2.34. The molecule has 0 radical (unpaired) electrons. The molecule has 3 nitrogen and oxygen atoms in total. The number of nitrogens with one attached hydrogen (secondary N) is 1. The van der Waals surface area contributed by atoms with Crippen LogP contribution in [0.25, 0.3) is 0 Å². The van der Waals surface area contributed by atoms with Gasteiger partial charge in [0.05, 0.1) is 5.92 Å². The molecule has 2 fully saturated rings. The van der Waals surface area contributed by atoms with Gasteiger partial charge in [-0.15, -0.1) is 12.4 Å². The summed E-state index contributed by atoms with van der Waals surface area (Å²) >= 11 is 0. The molecule has 0 bridgehead atoms. The summed E-state index contributed by atoms with van der Waals surface area (Å²) in [5.41, 5.74) is 0. The SMILES string of the molecule is Cl.O=C(O)C1CCC2CNCCC2C1. The van der Waals surface area contributed by atoms with Crippen molar-refractivity contribution in [2.75, 3.05) is 13.1 Å². The Morgan fingerprint density at radius 2 is 2.00 bits per heavy atom. The monoisotopic (exact) mass is 219 g/mol. The van der Waals surface area contributed by atoms with Crippen molar-refractivity contribution in [2.24, 2.45) is 17.8 Å². The summed E-state index contributed by atoms with van der Waals surface area (Å²) in [7, 11) is 0. The fourth-order valence-electron chi connectivity index (χ4n) is 2.75. The molecule has 0 spiro atoms. The van der Waals surface area contributed by atoms with E-state index in [0.717, 1.165) is 38.3 Å². The van der Waals surface area contributed by atoms with E-state index in [0.29, 0.717) is 5.92 Å². The third-order valence-corrected chi connectivity index (χ3v) is 3.59. The third kappa shape index (κ3) is 2.39. The van der Waals surface area contributed by atoms with Gasteiger partial charge < -0.3 is 10.4 Å². The molecule has 1 heterocycles. The second-order valence-electron chi connectivity index (χ2n) is 4.36.